The number of halogens is 2. The minimum Gasteiger partial charge on any atom is -0.353 e. The maximum Gasteiger partial charge on any atom is 0.223 e. The Balaban J connectivity index is 1.29. The Morgan fingerprint density at radius 2 is 1.87 bits per heavy atom. The molecule has 1 aromatic carbocycles. The number of nitrogens with one attached hydrogen (secondary N) is 1. The maximum atomic E-state index is 13.3. The van der Waals surface area contributed by atoms with Gasteiger partial charge in [0.15, 0.2) is 0 Å². The molecule has 1 saturated heterocycles. The molecule has 0 bridgehead atoms. The van der Waals surface area contributed by atoms with E-state index in [4.69, 9.17) is 11.6 Å². The van der Waals surface area contributed by atoms with Gasteiger partial charge in [-0.3, -0.25) is 4.79 Å². The predicted octanol–water partition coefficient (Wildman–Crippen LogP) is 3.69. The minimum atomic E-state index is -0.448. The second-order valence-corrected chi connectivity index (χ2v) is 7.62. The molecule has 1 N–H and O–H groups in total. The lowest BCUT2D eigenvalue weighted by Gasteiger charge is -2.35. The Labute approximate surface area is 184 Å². The maximum absolute atomic E-state index is 13.3. The van der Waals surface area contributed by atoms with E-state index in [0.29, 0.717) is 50.7 Å². The van der Waals surface area contributed by atoms with E-state index in [0.717, 1.165) is 11.4 Å². The van der Waals surface area contributed by atoms with Crippen molar-refractivity contribution in [2.24, 2.45) is 0 Å². The number of benzene rings is 1. The highest BCUT2D eigenvalue weighted by atomic mass is 35.5. The summed E-state index contributed by atoms with van der Waals surface area (Å²) < 4.78 is 13.3. The topological polar surface area (TPSA) is 74.2 Å². The lowest BCUT2D eigenvalue weighted by atomic mass is 10.1. The summed E-state index contributed by atoms with van der Waals surface area (Å²) in [7, 11) is 0. The number of aryl methyl sites for hydroxylation is 1. The molecule has 4 rings (SSSR count). The summed E-state index contributed by atoms with van der Waals surface area (Å²) in [6.07, 6.45) is 4.14. The molecule has 1 aliphatic rings. The standard InChI is InChI=1S/C22H22ClFN6O/c23-17-13-16(4-6-18(17)24)5-7-22(31)30-11-9-29(10-12-30)21-14-20(26-15-27-21)28-19-3-1-2-8-25-19/h1-4,6,8,13-15H,5,7,9-12H2,(H,25,26,27,28). The molecule has 0 radical (unpaired) electrons. The van der Waals surface area contributed by atoms with Crippen LogP contribution in [0, 0.1) is 5.82 Å². The molecule has 0 saturated carbocycles. The number of hydrogen-bond donors (Lipinski definition) is 1. The van der Waals surface area contributed by atoms with Gasteiger partial charge in [-0.05, 0) is 36.2 Å². The van der Waals surface area contributed by atoms with Gasteiger partial charge in [0.2, 0.25) is 5.91 Å². The Bertz CT molecular complexity index is 1040. The molecule has 3 aromatic rings. The highest BCUT2D eigenvalue weighted by Crippen LogP contribution is 2.20. The third kappa shape index (κ3) is 5.46. The first-order valence-corrected chi connectivity index (χ1v) is 10.4. The van der Waals surface area contributed by atoms with Crippen molar-refractivity contribution in [1.29, 1.82) is 0 Å². The molecule has 160 valence electrons. The van der Waals surface area contributed by atoms with Crippen LogP contribution in [0.2, 0.25) is 5.02 Å². The number of carbonyl (C=O) groups excluding carboxylic acids is 1. The van der Waals surface area contributed by atoms with Gasteiger partial charge >= 0.3 is 0 Å². The lowest BCUT2D eigenvalue weighted by Crippen LogP contribution is -2.49. The molecule has 31 heavy (non-hydrogen) atoms. The fraction of sp³-hybridized carbons (Fsp3) is 0.273. The zero-order valence-electron chi connectivity index (χ0n) is 16.8. The van der Waals surface area contributed by atoms with Gasteiger partial charge < -0.3 is 15.1 Å². The summed E-state index contributed by atoms with van der Waals surface area (Å²) in [5.74, 6) is 1.82. The van der Waals surface area contributed by atoms with Crippen molar-refractivity contribution < 1.29 is 9.18 Å². The molecule has 1 aliphatic heterocycles. The molecule has 3 heterocycles. The van der Waals surface area contributed by atoms with Crippen LogP contribution in [0.5, 0.6) is 0 Å². The van der Waals surface area contributed by atoms with Crippen molar-refractivity contribution in [3.63, 3.8) is 0 Å². The van der Waals surface area contributed by atoms with E-state index in [1.54, 1.807) is 18.3 Å². The first-order chi connectivity index (χ1) is 15.1. The van der Waals surface area contributed by atoms with Gasteiger partial charge in [-0.2, -0.15) is 0 Å². The van der Waals surface area contributed by atoms with Gasteiger partial charge in [0, 0.05) is 44.9 Å². The fourth-order valence-electron chi connectivity index (χ4n) is 3.45. The zero-order chi connectivity index (χ0) is 21.6. The molecule has 2 aromatic heterocycles. The number of amides is 1. The molecule has 0 spiro atoms. The van der Waals surface area contributed by atoms with Crippen LogP contribution in [-0.4, -0.2) is 51.9 Å². The molecule has 1 fully saturated rings. The average molecular weight is 441 g/mol. The van der Waals surface area contributed by atoms with Gasteiger partial charge in [-0.1, -0.05) is 23.7 Å². The van der Waals surface area contributed by atoms with E-state index in [2.05, 4.69) is 25.2 Å². The molecular formula is C22H22ClFN6O. The number of hydrogen-bond acceptors (Lipinski definition) is 6. The Morgan fingerprint density at radius 3 is 2.61 bits per heavy atom. The third-order valence-electron chi connectivity index (χ3n) is 5.14. The summed E-state index contributed by atoms with van der Waals surface area (Å²) in [4.78, 5) is 29.4. The van der Waals surface area contributed by atoms with Gasteiger partial charge in [0.05, 0.1) is 5.02 Å². The first kappa shape index (κ1) is 21.0. The first-order valence-electron chi connectivity index (χ1n) is 10.1. The smallest absolute Gasteiger partial charge is 0.223 e. The molecular weight excluding hydrogens is 419 g/mol. The summed E-state index contributed by atoms with van der Waals surface area (Å²) in [5, 5.41) is 3.25. The largest absolute Gasteiger partial charge is 0.353 e. The Hall–Kier alpha value is -3.26. The Morgan fingerprint density at radius 1 is 1.03 bits per heavy atom. The van der Waals surface area contributed by atoms with Gasteiger partial charge in [-0.25, -0.2) is 19.3 Å². The van der Waals surface area contributed by atoms with Crippen molar-refractivity contribution in [3.8, 4) is 0 Å². The monoisotopic (exact) mass is 440 g/mol. The number of anilines is 3. The van der Waals surface area contributed by atoms with Gasteiger partial charge in [0.25, 0.3) is 0 Å². The van der Waals surface area contributed by atoms with E-state index in [1.165, 1.54) is 12.4 Å². The molecule has 1 amide bonds. The number of aromatic nitrogens is 3. The van der Waals surface area contributed by atoms with Crippen LogP contribution < -0.4 is 10.2 Å². The lowest BCUT2D eigenvalue weighted by molar-refractivity contribution is -0.131. The average Bonchev–Trinajstić information content (AvgIpc) is 2.80. The van der Waals surface area contributed by atoms with Crippen LogP contribution >= 0.6 is 11.6 Å². The highest BCUT2D eigenvalue weighted by molar-refractivity contribution is 6.30. The van der Waals surface area contributed by atoms with Crippen LogP contribution in [0.3, 0.4) is 0 Å². The van der Waals surface area contributed by atoms with Crippen LogP contribution in [-0.2, 0) is 11.2 Å². The Kier molecular flexibility index (Phi) is 6.57. The van der Waals surface area contributed by atoms with Crippen molar-refractivity contribution in [2.75, 3.05) is 36.4 Å². The quantitative estimate of drug-likeness (QED) is 0.630. The number of carbonyl (C=O) groups is 1. The SMILES string of the molecule is O=C(CCc1ccc(F)c(Cl)c1)N1CCN(c2cc(Nc3ccccn3)ncn2)CC1. The molecule has 9 heteroatoms. The van der Waals surface area contributed by atoms with Crippen LogP contribution in [0.4, 0.5) is 21.8 Å². The number of nitrogens with zero attached hydrogens (tertiary/aromatic N) is 5. The van der Waals surface area contributed by atoms with E-state index in [1.807, 2.05) is 29.2 Å². The van der Waals surface area contributed by atoms with Crippen molar-refractivity contribution in [3.05, 3.63) is 71.4 Å². The highest BCUT2D eigenvalue weighted by Gasteiger charge is 2.22. The van der Waals surface area contributed by atoms with Crippen LogP contribution in [0.1, 0.15) is 12.0 Å². The number of piperazine rings is 1. The molecule has 0 aliphatic carbocycles. The second kappa shape index (κ2) is 9.70. The van der Waals surface area contributed by atoms with Gasteiger partial charge in [-0.15, -0.1) is 0 Å². The molecule has 7 nitrogen and oxygen atoms in total. The normalized spacial score (nSPS) is 13.9. The second-order valence-electron chi connectivity index (χ2n) is 7.22. The third-order valence-corrected chi connectivity index (χ3v) is 5.43. The van der Waals surface area contributed by atoms with Crippen molar-refractivity contribution in [1.82, 2.24) is 19.9 Å². The summed E-state index contributed by atoms with van der Waals surface area (Å²) in [5.41, 5.74) is 0.854. The molecule has 0 unspecified atom stereocenters. The van der Waals surface area contributed by atoms with E-state index in [-0.39, 0.29) is 10.9 Å². The van der Waals surface area contributed by atoms with E-state index < -0.39 is 5.82 Å². The summed E-state index contributed by atoms with van der Waals surface area (Å²) in [6.45, 7) is 2.62. The summed E-state index contributed by atoms with van der Waals surface area (Å²) >= 11 is 5.81. The number of pyridine rings is 1. The van der Waals surface area contributed by atoms with Gasteiger partial charge in [0.1, 0.15) is 29.6 Å². The molecule has 0 atom stereocenters. The zero-order valence-corrected chi connectivity index (χ0v) is 17.6. The predicted molar refractivity (Wildman–Crippen MR) is 118 cm³/mol. The minimum absolute atomic E-state index is 0.0836. The van der Waals surface area contributed by atoms with Crippen LogP contribution in [0.15, 0.2) is 55.0 Å². The van der Waals surface area contributed by atoms with Crippen LogP contribution in [0.25, 0.3) is 0 Å². The summed E-state index contributed by atoms with van der Waals surface area (Å²) in [6, 6.07) is 12.1. The van der Waals surface area contributed by atoms with E-state index >= 15 is 0 Å². The fourth-order valence-corrected chi connectivity index (χ4v) is 3.65. The van der Waals surface area contributed by atoms with Crippen molar-refractivity contribution >= 4 is 35.0 Å². The van der Waals surface area contributed by atoms with E-state index in [9.17, 15) is 9.18 Å². The number of rotatable bonds is 6. The van der Waals surface area contributed by atoms with Crippen molar-refractivity contribution in [2.45, 2.75) is 12.8 Å².